The van der Waals surface area contributed by atoms with E-state index in [1.165, 1.54) is 12.1 Å². The van der Waals surface area contributed by atoms with Crippen LogP contribution in [-0.2, 0) is 6.54 Å². The molecule has 0 bridgehead atoms. The van der Waals surface area contributed by atoms with Gasteiger partial charge >= 0.3 is 0 Å². The van der Waals surface area contributed by atoms with Gasteiger partial charge in [0, 0.05) is 22.8 Å². The highest BCUT2D eigenvalue weighted by atomic mass is 79.9. The van der Waals surface area contributed by atoms with Crippen LogP contribution < -0.4 is 5.32 Å². The molecule has 0 aromatic heterocycles. The molecule has 2 aromatic rings. The number of hydrogen-bond acceptors (Lipinski definition) is 3. The lowest BCUT2D eigenvalue weighted by molar-refractivity contribution is -0.385. The van der Waals surface area contributed by atoms with Crippen molar-refractivity contribution in [3.05, 3.63) is 67.9 Å². The van der Waals surface area contributed by atoms with Crippen LogP contribution in [0.15, 0.2) is 40.9 Å². The average Bonchev–Trinajstić information content (AvgIpc) is 2.39. The van der Waals surface area contributed by atoms with Crippen LogP contribution in [0.5, 0.6) is 0 Å². The average molecular weight is 339 g/mol. The maximum atomic E-state index is 13.3. The van der Waals surface area contributed by atoms with Gasteiger partial charge in [0.15, 0.2) is 0 Å². The fourth-order valence-corrected chi connectivity index (χ4v) is 2.20. The van der Waals surface area contributed by atoms with Crippen molar-refractivity contribution in [2.24, 2.45) is 0 Å². The summed E-state index contributed by atoms with van der Waals surface area (Å²) in [4.78, 5) is 10.1. The summed E-state index contributed by atoms with van der Waals surface area (Å²) in [6.07, 6.45) is 0. The minimum Gasteiger partial charge on any atom is -0.380 e. The molecule has 0 aliphatic carbocycles. The summed E-state index contributed by atoms with van der Waals surface area (Å²) in [7, 11) is 0. The number of anilines is 1. The molecule has 20 heavy (non-hydrogen) atoms. The van der Waals surface area contributed by atoms with Crippen molar-refractivity contribution in [1.29, 1.82) is 0 Å². The van der Waals surface area contributed by atoms with E-state index in [1.54, 1.807) is 0 Å². The van der Waals surface area contributed by atoms with Crippen molar-refractivity contribution in [2.45, 2.75) is 13.5 Å². The normalized spacial score (nSPS) is 10.3. The van der Waals surface area contributed by atoms with E-state index in [2.05, 4.69) is 21.2 Å². The van der Waals surface area contributed by atoms with E-state index in [9.17, 15) is 14.5 Å². The largest absolute Gasteiger partial charge is 0.380 e. The lowest BCUT2D eigenvalue weighted by Gasteiger charge is -2.09. The number of aryl methyl sites for hydroxylation is 1. The molecule has 0 aliphatic heterocycles. The highest BCUT2D eigenvalue weighted by Crippen LogP contribution is 2.24. The van der Waals surface area contributed by atoms with Gasteiger partial charge in [0.05, 0.1) is 11.0 Å². The number of nitrogens with one attached hydrogen (secondary N) is 1. The third-order valence-electron chi connectivity index (χ3n) is 2.76. The summed E-state index contributed by atoms with van der Waals surface area (Å²) >= 11 is 3.41. The van der Waals surface area contributed by atoms with E-state index in [0.717, 1.165) is 21.8 Å². The summed E-state index contributed by atoms with van der Waals surface area (Å²) in [5, 5.41) is 13.8. The van der Waals surface area contributed by atoms with E-state index >= 15 is 0 Å². The van der Waals surface area contributed by atoms with Gasteiger partial charge in [-0.3, -0.25) is 10.1 Å². The van der Waals surface area contributed by atoms with Gasteiger partial charge in [-0.25, -0.2) is 4.39 Å². The SMILES string of the molecule is Cc1ccc(Br)c(NCc2cc(F)cc([N+](=O)[O-])c2)c1. The first kappa shape index (κ1) is 14.5. The molecule has 6 heteroatoms. The Balaban J connectivity index is 2.18. The van der Waals surface area contributed by atoms with Gasteiger partial charge in [-0.15, -0.1) is 0 Å². The molecule has 1 N–H and O–H groups in total. The van der Waals surface area contributed by atoms with Crippen molar-refractivity contribution in [1.82, 2.24) is 0 Å². The fourth-order valence-electron chi connectivity index (χ4n) is 1.81. The van der Waals surface area contributed by atoms with Crippen LogP contribution in [0.2, 0.25) is 0 Å². The van der Waals surface area contributed by atoms with Crippen LogP contribution in [0.3, 0.4) is 0 Å². The molecule has 0 spiro atoms. The lowest BCUT2D eigenvalue weighted by Crippen LogP contribution is -2.02. The molecule has 2 aromatic carbocycles. The van der Waals surface area contributed by atoms with Crippen molar-refractivity contribution in [2.75, 3.05) is 5.32 Å². The number of nitro groups is 1. The third-order valence-corrected chi connectivity index (χ3v) is 3.45. The molecule has 0 atom stereocenters. The van der Waals surface area contributed by atoms with Gasteiger partial charge in [0.25, 0.3) is 5.69 Å². The number of rotatable bonds is 4. The van der Waals surface area contributed by atoms with E-state index in [1.807, 2.05) is 25.1 Å². The molecular weight excluding hydrogens is 327 g/mol. The van der Waals surface area contributed by atoms with Gasteiger partial charge in [-0.2, -0.15) is 0 Å². The molecule has 0 saturated heterocycles. The lowest BCUT2D eigenvalue weighted by atomic mass is 10.1. The van der Waals surface area contributed by atoms with Crippen LogP contribution in [-0.4, -0.2) is 4.92 Å². The van der Waals surface area contributed by atoms with Gasteiger partial charge in [-0.1, -0.05) is 6.07 Å². The Morgan fingerprint density at radius 3 is 2.75 bits per heavy atom. The van der Waals surface area contributed by atoms with Crippen LogP contribution in [0.1, 0.15) is 11.1 Å². The number of benzene rings is 2. The second kappa shape index (κ2) is 6.00. The monoisotopic (exact) mass is 338 g/mol. The second-order valence-corrected chi connectivity index (χ2v) is 5.27. The highest BCUT2D eigenvalue weighted by Gasteiger charge is 2.10. The molecule has 0 aliphatic rings. The maximum Gasteiger partial charge on any atom is 0.272 e. The standard InChI is InChI=1S/C14H12BrFN2O2/c1-9-2-3-13(15)14(4-9)17-8-10-5-11(16)7-12(6-10)18(19)20/h2-7,17H,8H2,1H3. The van der Waals surface area contributed by atoms with Crippen LogP contribution in [0.4, 0.5) is 15.8 Å². The number of nitro benzene ring substituents is 1. The number of nitrogens with zero attached hydrogens (tertiary/aromatic N) is 1. The van der Waals surface area contributed by atoms with Crippen molar-refractivity contribution in [3.8, 4) is 0 Å². The first-order valence-corrected chi connectivity index (χ1v) is 6.69. The zero-order valence-electron chi connectivity index (χ0n) is 10.7. The molecule has 0 heterocycles. The molecule has 0 radical (unpaired) electrons. The van der Waals surface area contributed by atoms with Gasteiger partial charge in [0.1, 0.15) is 5.82 Å². The Labute approximate surface area is 123 Å². The zero-order chi connectivity index (χ0) is 14.7. The Kier molecular flexibility index (Phi) is 4.34. The molecule has 2 rings (SSSR count). The Morgan fingerprint density at radius 2 is 2.05 bits per heavy atom. The van der Waals surface area contributed by atoms with E-state index < -0.39 is 10.7 Å². The Hall–Kier alpha value is -1.95. The van der Waals surface area contributed by atoms with Crippen LogP contribution >= 0.6 is 15.9 Å². The minimum absolute atomic E-state index is 0.245. The topological polar surface area (TPSA) is 55.2 Å². The summed E-state index contributed by atoms with van der Waals surface area (Å²) in [5.74, 6) is -0.612. The molecule has 0 unspecified atom stereocenters. The molecule has 4 nitrogen and oxygen atoms in total. The molecule has 104 valence electrons. The van der Waals surface area contributed by atoms with Gasteiger partial charge < -0.3 is 5.32 Å². The predicted molar refractivity (Wildman–Crippen MR) is 79.3 cm³/mol. The number of non-ortho nitro benzene ring substituents is 1. The Bertz CT molecular complexity index is 662. The maximum absolute atomic E-state index is 13.3. The Morgan fingerprint density at radius 1 is 1.30 bits per heavy atom. The van der Waals surface area contributed by atoms with Crippen molar-refractivity contribution >= 4 is 27.3 Å². The smallest absolute Gasteiger partial charge is 0.272 e. The first-order chi connectivity index (χ1) is 9.45. The summed E-state index contributed by atoms with van der Waals surface area (Å²) < 4.78 is 14.2. The van der Waals surface area contributed by atoms with Crippen LogP contribution in [0, 0.1) is 22.9 Å². The van der Waals surface area contributed by atoms with Crippen LogP contribution in [0.25, 0.3) is 0 Å². The first-order valence-electron chi connectivity index (χ1n) is 5.89. The molecule has 0 amide bonds. The third kappa shape index (κ3) is 3.54. The highest BCUT2D eigenvalue weighted by molar-refractivity contribution is 9.10. The molecule has 0 fully saturated rings. The zero-order valence-corrected chi connectivity index (χ0v) is 12.3. The molecule has 0 saturated carbocycles. The number of halogens is 2. The molecular formula is C14H12BrFN2O2. The predicted octanol–water partition coefficient (Wildman–Crippen LogP) is 4.42. The second-order valence-electron chi connectivity index (χ2n) is 4.41. The summed E-state index contributed by atoms with van der Waals surface area (Å²) in [6.45, 7) is 2.27. The van der Waals surface area contributed by atoms with E-state index in [4.69, 9.17) is 0 Å². The quantitative estimate of drug-likeness (QED) is 0.663. The van der Waals surface area contributed by atoms with E-state index in [0.29, 0.717) is 12.1 Å². The van der Waals surface area contributed by atoms with Gasteiger partial charge in [-0.05, 0) is 52.2 Å². The van der Waals surface area contributed by atoms with Gasteiger partial charge in [0.2, 0.25) is 0 Å². The van der Waals surface area contributed by atoms with Crippen molar-refractivity contribution < 1.29 is 9.31 Å². The summed E-state index contributed by atoms with van der Waals surface area (Å²) in [6, 6.07) is 9.36. The van der Waals surface area contributed by atoms with Crippen molar-refractivity contribution in [3.63, 3.8) is 0 Å². The fraction of sp³-hybridized carbons (Fsp3) is 0.143. The van der Waals surface area contributed by atoms with E-state index in [-0.39, 0.29) is 5.69 Å². The number of hydrogen-bond donors (Lipinski definition) is 1. The summed E-state index contributed by atoms with van der Waals surface area (Å²) in [5.41, 5.74) is 2.22. The minimum atomic E-state index is -0.612.